The zero-order chi connectivity index (χ0) is 16.1. The van der Waals surface area contributed by atoms with Gasteiger partial charge < -0.3 is 10.8 Å². The summed E-state index contributed by atoms with van der Waals surface area (Å²) < 4.78 is 3.76. The molecule has 1 aromatic heterocycles. The zero-order valence-electron chi connectivity index (χ0n) is 11.7. The molecule has 0 saturated carbocycles. The van der Waals surface area contributed by atoms with Crippen LogP contribution in [-0.2, 0) is 0 Å². The second-order valence-electron chi connectivity index (χ2n) is 5.13. The largest absolute Gasteiger partial charge is 0.506 e. The first-order valence-corrected chi connectivity index (χ1v) is 8.95. The van der Waals surface area contributed by atoms with E-state index in [0.29, 0.717) is 11.5 Å². The molecule has 0 fully saturated rings. The third-order valence-electron chi connectivity index (χ3n) is 3.68. The number of rotatable bonds is 1. The van der Waals surface area contributed by atoms with E-state index in [1.54, 1.807) is 0 Å². The Labute approximate surface area is 159 Å². The van der Waals surface area contributed by atoms with Gasteiger partial charge in [-0.05, 0) is 69.4 Å². The predicted molar refractivity (Wildman–Crippen MR) is 107 cm³/mol. The highest BCUT2D eigenvalue weighted by molar-refractivity contribution is 14.1. The van der Waals surface area contributed by atoms with Gasteiger partial charge in [-0.15, -0.1) is 0 Å². The lowest BCUT2D eigenvalue weighted by atomic mass is 10.1. The highest BCUT2D eigenvalue weighted by atomic mass is 127. The van der Waals surface area contributed by atoms with Crippen LogP contribution < -0.4 is 11.1 Å². The molecular weight excluding hydrogens is 520 g/mol. The van der Waals surface area contributed by atoms with Crippen LogP contribution in [0.4, 0.5) is 5.95 Å². The maximum Gasteiger partial charge on any atom is 0.212 e. The van der Waals surface area contributed by atoms with E-state index in [-0.39, 0.29) is 11.7 Å². The van der Waals surface area contributed by atoms with Gasteiger partial charge in [0.05, 0.1) is 14.6 Å². The van der Waals surface area contributed by atoms with Gasteiger partial charge in [-0.1, -0.05) is 12.1 Å². The van der Waals surface area contributed by atoms with Crippen molar-refractivity contribution in [2.75, 3.05) is 5.32 Å². The molecule has 6 nitrogen and oxygen atoms in total. The molecule has 3 aromatic rings. The van der Waals surface area contributed by atoms with Crippen molar-refractivity contribution in [1.29, 1.82) is 0 Å². The number of para-hydroxylation sites is 2. The van der Waals surface area contributed by atoms with Crippen molar-refractivity contribution in [3.8, 4) is 5.75 Å². The number of nitrogens with two attached hydrogens (primary N) is 1. The minimum Gasteiger partial charge on any atom is -0.506 e. The Morgan fingerprint density at radius 2 is 2.00 bits per heavy atom. The molecule has 4 rings (SSSR count). The molecule has 2 aromatic carbocycles. The summed E-state index contributed by atoms with van der Waals surface area (Å²) in [5.74, 6) is 1.13. The van der Waals surface area contributed by atoms with Crippen LogP contribution in [0, 0.1) is 7.14 Å². The van der Waals surface area contributed by atoms with Crippen LogP contribution in [0.5, 0.6) is 5.75 Å². The van der Waals surface area contributed by atoms with E-state index in [9.17, 15) is 5.11 Å². The van der Waals surface area contributed by atoms with E-state index in [2.05, 4.69) is 60.5 Å². The third kappa shape index (κ3) is 2.43. The van der Waals surface area contributed by atoms with Gasteiger partial charge in [-0.3, -0.25) is 9.88 Å². The summed E-state index contributed by atoms with van der Waals surface area (Å²) >= 11 is 4.35. The number of hydrogen-bond donors (Lipinski definition) is 3. The first kappa shape index (κ1) is 15.0. The SMILES string of the molecule is NC1=N[C@H](c2cc(I)cc(I)c2O)n2c(nc3ccccc32)N1. The Morgan fingerprint density at radius 3 is 2.83 bits per heavy atom. The average Bonchev–Trinajstić information content (AvgIpc) is 2.88. The number of imidazole rings is 1. The number of nitrogens with one attached hydrogen (secondary N) is 1. The number of halogens is 2. The summed E-state index contributed by atoms with van der Waals surface area (Å²) in [5.41, 5.74) is 8.42. The normalized spacial score (nSPS) is 16.8. The van der Waals surface area contributed by atoms with Crippen molar-refractivity contribution in [2.24, 2.45) is 10.7 Å². The standard InChI is InChI=1S/C15H11I2N5O/c16-7-5-8(12(23)9(17)6-7)13-20-14(18)21-15-19-10-3-1-2-4-11(10)22(13)15/h1-6,13,23H,(H3,18,19,20,21)/t13-/m0/s1. The van der Waals surface area contributed by atoms with Crippen LogP contribution in [-0.4, -0.2) is 20.6 Å². The molecule has 116 valence electrons. The van der Waals surface area contributed by atoms with Crippen molar-refractivity contribution >= 4 is 68.1 Å². The summed E-state index contributed by atoms with van der Waals surface area (Å²) in [6.07, 6.45) is -0.457. The summed E-state index contributed by atoms with van der Waals surface area (Å²) in [6.45, 7) is 0. The molecule has 4 N–H and O–H groups in total. The smallest absolute Gasteiger partial charge is 0.212 e. The highest BCUT2D eigenvalue weighted by Gasteiger charge is 2.27. The Bertz CT molecular complexity index is 966. The number of phenols is 1. The number of benzene rings is 2. The second-order valence-corrected chi connectivity index (χ2v) is 7.54. The molecule has 0 radical (unpaired) electrons. The molecule has 0 spiro atoms. The van der Waals surface area contributed by atoms with Gasteiger partial charge in [0.2, 0.25) is 5.95 Å². The summed E-state index contributed by atoms with van der Waals surface area (Å²) in [7, 11) is 0. The average molecular weight is 531 g/mol. The third-order valence-corrected chi connectivity index (χ3v) is 5.12. The van der Waals surface area contributed by atoms with Gasteiger partial charge in [0, 0.05) is 9.13 Å². The van der Waals surface area contributed by atoms with Gasteiger partial charge >= 0.3 is 0 Å². The van der Waals surface area contributed by atoms with E-state index < -0.39 is 6.17 Å². The van der Waals surface area contributed by atoms with Gasteiger partial charge in [0.15, 0.2) is 12.1 Å². The minimum absolute atomic E-state index is 0.221. The molecule has 1 atom stereocenters. The molecule has 0 bridgehead atoms. The fraction of sp³-hybridized carbons (Fsp3) is 0.0667. The van der Waals surface area contributed by atoms with Crippen LogP contribution in [0.15, 0.2) is 41.4 Å². The van der Waals surface area contributed by atoms with Crippen LogP contribution >= 0.6 is 45.2 Å². The van der Waals surface area contributed by atoms with Crippen molar-refractivity contribution in [3.63, 3.8) is 0 Å². The molecular formula is C15H11I2N5O. The van der Waals surface area contributed by atoms with Gasteiger partial charge in [0.1, 0.15) is 5.75 Å². The maximum atomic E-state index is 10.5. The molecule has 0 amide bonds. The number of aromatic hydroxyl groups is 1. The molecule has 0 unspecified atom stereocenters. The second kappa shape index (κ2) is 5.51. The quantitative estimate of drug-likeness (QED) is 0.421. The lowest BCUT2D eigenvalue weighted by molar-refractivity contribution is 0.452. The first-order chi connectivity index (χ1) is 11.0. The minimum atomic E-state index is -0.457. The number of fused-ring (bicyclic) bond motifs is 3. The number of nitrogens with zero attached hydrogens (tertiary/aromatic N) is 3. The summed E-state index contributed by atoms with van der Waals surface area (Å²) in [5, 5.41) is 13.5. The predicted octanol–water partition coefficient (Wildman–Crippen LogP) is 3.24. The number of anilines is 1. The fourth-order valence-corrected chi connectivity index (χ4v) is 4.60. The van der Waals surface area contributed by atoms with Crippen molar-refractivity contribution < 1.29 is 5.11 Å². The molecule has 23 heavy (non-hydrogen) atoms. The molecule has 1 aliphatic rings. The Hall–Kier alpha value is -1.56. The Morgan fingerprint density at radius 1 is 1.22 bits per heavy atom. The fourth-order valence-electron chi connectivity index (χ4n) is 2.71. The number of aliphatic imine (C=N–C) groups is 1. The highest BCUT2D eigenvalue weighted by Crippen LogP contribution is 2.38. The van der Waals surface area contributed by atoms with Crippen LogP contribution in [0.3, 0.4) is 0 Å². The van der Waals surface area contributed by atoms with Crippen molar-refractivity contribution in [1.82, 2.24) is 9.55 Å². The number of phenolic OH excluding ortho intramolecular Hbond substituents is 1. The van der Waals surface area contributed by atoms with E-state index in [1.807, 2.05) is 41.0 Å². The monoisotopic (exact) mass is 531 g/mol. The van der Waals surface area contributed by atoms with E-state index in [0.717, 1.165) is 18.2 Å². The molecule has 0 saturated heterocycles. The topological polar surface area (TPSA) is 88.5 Å². The van der Waals surface area contributed by atoms with Crippen LogP contribution in [0.2, 0.25) is 0 Å². The van der Waals surface area contributed by atoms with Gasteiger partial charge in [-0.2, -0.15) is 0 Å². The maximum absolute atomic E-state index is 10.5. The van der Waals surface area contributed by atoms with Gasteiger partial charge in [0.25, 0.3) is 0 Å². The Balaban J connectivity index is 2.01. The van der Waals surface area contributed by atoms with Crippen molar-refractivity contribution in [3.05, 3.63) is 49.1 Å². The summed E-state index contributed by atoms with van der Waals surface area (Å²) in [4.78, 5) is 9.06. The number of aromatic nitrogens is 2. The summed E-state index contributed by atoms with van der Waals surface area (Å²) in [6, 6.07) is 11.6. The molecule has 1 aliphatic heterocycles. The Kier molecular flexibility index (Phi) is 3.59. The van der Waals surface area contributed by atoms with Crippen molar-refractivity contribution in [2.45, 2.75) is 6.17 Å². The van der Waals surface area contributed by atoms with Crippen LogP contribution in [0.1, 0.15) is 11.7 Å². The van der Waals surface area contributed by atoms with Crippen LogP contribution in [0.25, 0.3) is 11.0 Å². The van der Waals surface area contributed by atoms with E-state index in [1.165, 1.54) is 0 Å². The molecule has 8 heteroatoms. The lowest BCUT2D eigenvalue weighted by Crippen LogP contribution is -2.31. The number of guanidine groups is 1. The van der Waals surface area contributed by atoms with E-state index in [4.69, 9.17) is 5.73 Å². The van der Waals surface area contributed by atoms with E-state index >= 15 is 0 Å². The first-order valence-electron chi connectivity index (χ1n) is 6.80. The van der Waals surface area contributed by atoms with Gasteiger partial charge in [-0.25, -0.2) is 9.98 Å². The number of hydrogen-bond acceptors (Lipinski definition) is 5. The zero-order valence-corrected chi connectivity index (χ0v) is 16.0. The molecule has 2 heterocycles. The molecule has 0 aliphatic carbocycles. The lowest BCUT2D eigenvalue weighted by Gasteiger charge is -2.24.